The number of hydrogen-bond acceptors (Lipinski definition) is 20. The van der Waals surface area contributed by atoms with E-state index >= 15 is 0 Å². The molecule has 2 fully saturated rings. The number of allylic oxidation sites excluding steroid dienone is 1. The molecule has 2 aliphatic rings. The molecule has 2 saturated heterocycles. The summed E-state index contributed by atoms with van der Waals surface area (Å²) in [5.74, 6) is -1.83. The third-order valence-electron chi connectivity index (χ3n) is 9.72. The highest BCUT2D eigenvalue weighted by Gasteiger charge is 2.56. The molecular formula is C33H49N9O17P2. The number of nitrogens with two attached hydrogens (primary N) is 2. The highest BCUT2D eigenvalue weighted by atomic mass is 31.2. The maximum absolute atomic E-state index is 14.1. The zero-order valence-electron chi connectivity index (χ0n) is 33.1. The van der Waals surface area contributed by atoms with E-state index in [0.29, 0.717) is 0 Å². The number of anilines is 2. The smallest absolute Gasteiger partial charge is 0.455 e. The lowest BCUT2D eigenvalue weighted by Gasteiger charge is -2.30. The van der Waals surface area contributed by atoms with Gasteiger partial charge in [0.2, 0.25) is 5.91 Å². The monoisotopic (exact) mass is 905 g/mol. The third-order valence-corrected chi connectivity index (χ3v) is 12.1. The van der Waals surface area contributed by atoms with Gasteiger partial charge in [-0.15, -0.1) is 6.58 Å². The van der Waals surface area contributed by atoms with E-state index in [1.165, 1.54) is 24.0 Å². The summed E-state index contributed by atoms with van der Waals surface area (Å²) in [6.07, 6.45) is -7.04. The number of aliphatic hydroxyl groups excluding tert-OH is 2. The van der Waals surface area contributed by atoms with Crippen molar-refractivity contribution in [2.24, 2.45) is 0 Å². The molecule has 0 radical (unpaired) electrons. The topological polar surface area (TPSA) is 379 Å². The molecule has 3 aromatic rings. The number of aliphatic hydroxyl groups is 3. The van der Waals surface area contributed by atoms with Crippen LogP contribution in [-0.2, 0) is 46.7 Å². The van der Waals surface area contributed by atoms with Gasteiger partial charge in [-0.1, -0.05) is 6.08 Å². The van der Waals surface area contributed by atoms with Gasteiger partial charge in [0, 0.05) is 26.3 Å². The number of nitrogen functional groups attached to an aromatic ring is 2. The van der Waals surface area contributed by atoms with E-state index in [0.717, 1.165) is 28.1 Å². The molecule has 3 aromatic heterocycles. The van der Waals surface area contributed by atoms with Crippen molar-refractivity contribution in [2.75, 3.05) is 44.9 Å². The lowest BCUT2D eigenvalue weighted by molar-refractivity contribution is -0.167. The van der Waals surface area contributed by atoms with Crippen LogP contribution in [-0.4, -0.2) is 157 Å². The van der Waals surface area contributed by atoms with E-state index in [1.807, 2.05) is 0 Å². The summed E-state index contributed by atoms with van der Waals surface area (Å²) in [6, 6.07) is -0.270. The van der Waals surface area contributed by atoms with Crippen LogP contribution in [0.5, 0.6) is 0 Å². The van der Waals surface area contributed by atoms with Crippen LogP contribution in [0.2, 0.25) is 0 Å². The number of carbonyl (C=O) groups is 2. The molecule has 0 aromatic carbocycles. The maximum Gasteiger partial charge on any atom is 0.469 e. The number of fused-ring (bicyclic) bond motifs is 1. The van der Waals surface area contributed by atoms with Crippen molar-refractivity contribution in [2.45, 2.75) is 93.4 Å². The Labute approximate surface area is 346 Å². The van der Waals surface area contributed by atoms with Gasteiger partial charge in [-0.2, -0.15) is 4.98 Å². The van der Waals surface area contributed by atoms with Gasteiger partial charge in [0.25, 0.3) is 0 Å². The van der Waals surface area contributed by atoms with Crippen molar-refractivity contribution in [3.63, 3.8) is 0 Å². The van der Waals surface area contributed by atoms with E-state index in [1.54, 1.807) is 13.8 Å². The van der Waals surface area contributed by atoms with Crippen LogP contribution >= 0.6 is 15.4 Å². The van der Waals surface area contributed by atoms with Crippen molar-refractivity contribution < 1.29 is 76.7 Å². The number of imidazole rings is 1. The van der Waals surface area contributed by atoms with Crippen LogP contribution in [0.15, 0.2) is 42.4 Å². The summed E-state index contributed by atoms with van der Waals surface area (Å²) < 4.78 is 60.8. The Morgan fingerprint density at radius 2 is 1.72 bits per heavy atom. The summed E-state index contributed by atoms with van der Waals surface area (Å²) in [5.41, 5.74) is 7.45. The lowest BCUT2D eigenvalue weighted by Crippen LogP contribution is -2.49. The predicted octanol–water partition coefficient (Wildman–Crippen LogP) is -1.67. The quantitative estimate of drug-likeness (QED) is 0.0272. The largest absolute Gasteiger partial charge is 0.469 e. The SMILES string of the molecule is C=CCCC(=O)N(C)[C@@H](COCCC(C)(C)O)C(=O)O[C@@H]1C(COP(=O)(O)[C@H]2[C@@H](O)[C@H](n3ccc(N)nc3=O)O[C@@H]2COP(=O)(O)O)O[C@@H](n2cnc3c(N)ncnc32)[C@@H]1O. The fourth-order valence-corrected chi connectivity index (χ4v) is 8.47. The molecule has 1 amide bonds. The first-order valence-electron chi connectivity index (χ1n) is 18.5. The van der Waals surface area contributed by atoms with Crippen molar-refractivity contribution in [3.8, 4) is 0 Å². The van der Waals surface area contributed by atoms with Gasteiger partial charge in [-0.3, -0.25) is 23.0 Å². The second kappa shape index (κ2) is 19.4. The average Bonchev–Trinajstić information content (AvgIpc) is 3.84. The fraction of sp³-hybridized carbons (Fsp3) is 0.606. The number of phosphoric ester groups is 1. The van der Waals surface area contributed by atoms with Crippen molar-refractivity contribution in [1.29, 1.82) is 0 Å². The maximum atomic E-state index is 14.1. The molecule has 5 heterocycles. The lowest BCUT2D eigenvalue weighted by atomic mass is 10.1. The number of amides is 1. The molecule has 26 nitrogen and oxygen atoms in total. The van der Waals surface area contributed by atoms with Crippen LogP contribution in [0.4, 0.5) is 11.6 Å². The summed E-state index contributed by atoms with van der Waals surface area (Å²) in [7, 11) is -9.19. The van der Waals surface area contributed by atoms with Gasteiger partial charge in [-0.25, -0.2) is 29.1 Å². The molecule has 10 N–H and O–H groups in total. The predicted molar refractivity (Wildman–Crippen MR) is 208 cm³/mol. The minimum Gasteiger partial charge on any atom is -0.455 e. The van der Waals surface area contributed by atoms with Crippen LogP contribution in [0.25, 0.3) is 11.2 Å². The Morgan fingerprint density at radius 3 is 2.38 bits per heavy atom. The fourth-order valence-electron chi connectivity index (χ4n) is 6.48. The number of aromatic nitrogens is 6. The van der Waals surface area contributed by atoms with E-state index in [4.69, 9.17) is 34.9 Å². The van der Waals surface area contributed by atoms with E-state index < -0.39 is 113 Å². The molecule has 338 valence electrons. The van der Waals surface area contributed by atoms with E-state index in [2.05, 4.69) is 31.0 Å². The number of hydrogen-bond donors (Lipinski definition) is 8. The number of likely N-dealkylation sites (N-methyl/N-ethyl adjacent to an activating group) is 1. The third kappa shape index (κ3) is 11.6. The molecule has 5 rings (SSSR count). The summed E-state index contributed by atoms with van der Waals surface area (Å²) in [5, 5.41) is 33.2. The highest BCUT2D eigenvalue weighted by molar-refractivity contribution is 7.53. The number of rotatable bonds is 20. The minimum atomic E-state index is -5.29. The number of esters is 1. The first-order chi connectivity index (χ1) is 28.5. The minimum absolute atomic E-state index is 0.0261. The van der Waals surface area contributed by atoms with E-state index in [-0.39, 0.29) is 48.7 Å². The Hall–Kier alpha value is -4.27. The van der Waals surface area contributed by atoms with Gasteiger partial charge >= 0.3 is 27.1 Å². The number of nitrogens with zero attached hydrogens (tertiary/aromatic N) is 7. The van der Waals surface area contributed by atoms with Crippen LogP contribution in [0, 0.1) is 0 Å². The van der Waals surface area contributed by atoms with Gasteiger partial charge in [0.15, 0.2) is 36.1 Å². The van der Waals surface area contributed by atoms with Gasteiger partial charge in [0.1, 0.15) is 47.7 Å². The van der Waals surface area contributed by atoms with Gasteiger partial charge in [0.05, 0.1) is 31.7 Å². The molecule has 28 heteroatoms. The molecule has 10 atom stereocenters. The number of carbonyl (C=O) groups excluding carboxylic acids is 2. The molecule has 0 bridgehead atoms. The highest BCUT2D eigenvalue weighted by Crippen LogP contribution is 2.56. The Morgan fingerprint density at radius 1 is 1.05 bits per heavy atom. The van der Waals surface area contributed by atoms with Crippen LogP contribution in [0.3, 0.4) is 0 Å². The molecular weight excluding hydrogens is 856 g/mol. The Kier molecular flexibility index (Phi) is 15.2. The van der Waals surface area contributed by atoms with Crippen molar-refractivity contribution in [3.05, 3.63) is 48.1 Å². The average molecular weight is 906 g/mol. The van der Waals surface area contributed by atoms with Crippen LogP contribution in [0.1, 0.15) is 45.6 Å². The second-order valence-electron chi connectivity index (χ2n) is 14.8. The van der Waals surface area contributed by atoms with Gasteiger partial charge < -0.3 is 69.8 Å². The number of ether oxygens (including phenoxy) is 4. The standard InChI is InChI=1S/C33H49N9O17P2/c1-5-6-7-21(43)40(4)17(12-54-11-9-33(2,3)48)31(46)59-25-18(57-29(23(25)44)42-16-38-22-27(35)36-15-37-28(22)42)13-55-60(49,50)26-19(14-56-61(51,52)53)58-30(24(26)45)41-10-8-20(34)39-32(41)47/h5,8,10,15-19,23-26,29-30,44-45,48H,1,6-7,9,11-14H2,2-4H3,(H,49,50)(H2,34,39,47)(H2,35,36,37)(H2,51,52,53)/t17-,18?,19+,23+,24+,25+,26+,29+,30+/m0/s1. The number of phosphoric acid groups is 1. The molecule has 0 saturated carbocycles. The Bertz CT molecular complexity index is 2200. The van der Waals surface area contributed by atoms with E-state index in [9.17, 15) is 53.5 Å². The summed E-state index contributed by atoms with van der Waals surface area (Å²) in [6.45, 7) is 4.20. The summed E-state index contributed by atoms with van der Waals surface area (Å²) >= 11 is 0. The van der Waals surface area contributed by atoms with Crippen LogP contribution < -0.4 is 17.2 Å². The zero-order valence-corrected chi connectivity index (χ0v) is 34.9. The van der Waals surface area contributed by atoms with Gasteiger partial charge in [-0.05, 0) is 32.8 Å². The second-order valence-corrected chi connectivity index (χ2v) is 18.0. The molecule has 2 aliphatic heterocycles. The summed E-state index contributed by atoms with van der Waals surface area (Å²) in [4.78, 5) is 86.7. The first kappa shape index (κ1) is 47.8. The first-order valence-corrected chi connectivity index (χ1v) is 21.7. The molecule has 0 aliphatic carbocycles. The molecule has 0 spiro atoms. The molecule has 2 unspecified atom stereocenters. The van der Waals surface area contributed by atoms with Crippen molar-refractivity contribution in [1.82, 2.24) is 34.0 Å². The molecule has 61 heavy (non-hydrogen) atoms. The van der Waals surface area contributed by atoms with Crippen molar-refractivity contribution >= 4 is 50.1 Å². The zero-order chi connectivity index (χ0) is 45.0. The normalized spacial score (nSPS) is 25.9. The Balaban J connectivity index is 1.45.